The van der Waals surface area contributed by atoms with E-state index in [1.807, 2.05) is 42.5 Å². The zero-order valence-corrected chi connectivity index (χ0v) is 13.5. The average Bonchev–Trinajstić information content (AvgIpc) is 2.93. The van der Waals surface area contributed by atoms with Crippen LogP contribution >= 0.6 is 0 Å². The topological polar surface area (TPSA) is 42.3 Å². The van der Waals surface area contributed by atoms with Crippen LogP contribution in [-0.4, -0.2) is 23.8 Å². The van der Waals surface area contributed by atoms with Crippen LogP contribution in [0.3, 0.4) is 0 Å². The number of rotatable bonds is 3. The van der Waals surface area contributed by atoms with Crippen LogP contribution < -0.4 is 0 Å². The van der Waals surface area contributed by atoms with Crippen LogP contribution in [0, 0.1) is 0 Å². The summed E-state index contributed by atoms with van der Waals surface area (Å²) in [5, 5.41) is 1.17. The smallest absolute Gasteiger partial charge is 0.218 e. The number of para-hydroxylation sites is 1. The maximum absolute atomic E-state index is 12.7. The monoisotopic (exact) mass is 326 g/mol. The summed E-state index contributed by atoms with van der Waals surface area (Å²) in [7, 11) is -3.30. The molecule has 0 spiro atoms. The number of hydrogen-bond donors (Lipinski definition) is 0. The van der Waals surface area contributed by atoms with Crippen LogP contribution in [0.25, 0.3) is 10.9 Å². The Labute approximate surface area is 136 Å². The summed E-state index contributed by atoms with van der Waals surface area (Å²) in [5.74, 6) is 0.0636. The molecule has 0 fully saturated rings. The SMILES string of the molecule is O=S(=O)(Cc1ccccc1)N1CCn2c(cc3ccccc32)C1. The average molecular weight is 326 g/mol. The molecule has 2 aromatic carbocycles. The van der Waals surface area contributed by atoms with Crippen LogP contribution in [-0.2, 0) is 28.9 Å². The van der Waals surface area contributed by atoms with Crippen molar-refractivity contribution < 1.29 is 8.42 Å². The molecule has 0 N–H and O–H groups in total. The quantitative estimate of drug-likeness (QED) is 0.742. The first kappa shape index (κ1) is 14.5. The van der Waals surface area contributed by atoms with E-state index in [4.69, 9.17) is 0 Å². The molecular formula is C18H18N2O2S. The minimum atomic E-state index is -3.30. The lowest BCUT2D eigenvalue weighted by molar-refractivity contribution is 0.345. The van der Waals surface area contributed by atoms with Gasteiger partial charge in [-0.1, -0.05) is 48.5 Å². The summed E-state index contributed by atoms with van der Waals surface area (Å²) in [6.45, 7) is 1.68. The highest BCUT2D eigenvalue weighted by molar-refractivity contribution is 7.88. The van der Waals surface area contributed by atoms with Gasteiger partial charge in [-0.05, 0) is 23.1 Å². The summed E-state index contributed by atoms with van der Waals surface area (Å²) in [6, 6.07) is 19.7. The van der Waals surface area contributed by atoms with Crippen molar-refractivity contribution in [3.63, 3.8) is 0 Å². The molecule has 0 saturated carbocycles. The van der Waals surface area contributed by atoms with Crippen molar-refractivity contribution in [2.45, 2.75) is 18.8 Å². The molecule has 0 bridgehead atoms. The van der Waals surface area contributed by atoms with E-state index >= 15 is 0 Å². The maximum Gasteiger partial charge on any atom is 0.218 e. The third-order valence-electron chi connectivity index (χ3n) is 4.39. The van der Waals surface area contributed by atoms with Crippen LogP contribution in [0.5, 0.6) is 0 Å². The predicted octanol–water partition coefficient (Wildman–Crippen LogP) is 2.99. The molecule has 0 saturated heterocycles. The van der Waals surface area contributed by atoms with Gasteiger partial charge in [-0.2, -0.15) is 4.31 Å². The van der Waals surface area contributed by atoms with Gasteiger partial charge in [0.2, 0.25) is 10.0 Å². The van der Waals surface area contributed by atoms with Gasteiger partial charge in [0.25, 0.3) is 0 Å². The molecule has 0 aliphatic carbocycles. The van der Waals surface area contributed by atoms with Gasteiger partial charge < -0.3 is 4.57 Å². The van der Waals surface area contributed by atoms with Crippen LogP contribution in [0.15, 0.2) is 60.7 Å². The van der Waals surface area contributed by atoms with Gasteiger partial charge in [0.15, 0.2) is 0 Å². The molecule has 0 amide bonds. The number of sulfonamides is 1. The molecule has 4 nitrogen and oxygen atoms in total. The molecule has 23 heavy (non-hydrogen) atoms. The lowest BCUT2D eigenvalue weighted by atomic mass is 10.2. The Morgan fingerprint density at radius 3 is 2.48 bits per heavy atom. The fraction of sp³-hybridized carbons (Fsp3) is 0.222. The van der Waals surface area contributed by atoms with E-state index in [1.165, 1.54) is 10.9 Å². The molecule has 5 heteroatoms. The molecular weight excluding hydrogens is 308 g/mol. The van der Waals surface area contributed by atoms with Gasteiger partial charge >= 0.3 is 0 Å². The van der Waals surface area contributed by atoms with E-state index in [0.29, 0.717) is 19.6 Å². The first-order valence-corrected chi connectivity index (χ1v) is 9.33. The number of fused-ring (bicyclic) bond motifs is 3. The number of hydrogen-bond acceptors (Lipinski definition) is 2. The van der Waals surface area contributed by atoms with Crippen molar-refractivity contribution in [3.05, 3.63) is 71.9 Å². The zero-order chi connectivity index (χ0) is 15.9. The minimum Gasteiger partial charge on any atom is -0.342 e. The van der Waals surface area contributed by atoms with Gasteiger partial charge in [0.1, 0.15) is 0 Å². The third kappa shape index (κ3) is 2.66. The fourth-order valence-corrected chi connectivity index (χ4v) is 4.73. The molecule has 1 aliphatic rings. The molecule has 0 unspecified atom stereocenters. The molecule has 1 aliphatic heterocycles. The molecule has 118 valence electrons. The highest BCUT2D eigenvalue weighted by Gasteiger charge is 2.27. The van der Waals surface area contributed by atoms with Crippen molar-refractivity contribution >= 4 is 20.9 Å². The van der Waals surface area contributed by atoms with Crippen molar-refractivity contribution in [2.24, 2.45) is 0 Å². The van der Waals surface area contributed by atoms with Crippen molar-refractivity contribution in [1.29, 1.82) is 0 Å². The van der Waals surface area contributed by atoms with Gasteiger partial charge in [0, 0.05) is 24.3 Å². The Morgan fingerprint density at radius 2 is 1.65 bits per heavy atom. The highest BCUT2D eigenvalue weighted by atomic mass is 32.2. The molecule has 0 radical (unpaired) electrons. The number of benzene rings is 2. The molecule has 2 heterocycles. The highest BCUT2D eigenvalue weighted by Crippen LogP contribution is 2.26. The number of nitrogens with zero attached hydrogens (tertiary/aromatic N) is 2. The van der Waals surface area contributed by atoms with E-state index in [2.05, 4.69) is 22.8 Å². The fourth-order valence-electron chi connectivity index (χ4n) is 3.25. The van der Waals surface area contributed by atoms with Crippen LogP contribution in [0.1, 0.15) is 11.3 Å². The summed E-state index contributed by atoms with van der Waals surface area (Å²) >= 11 is 0. The van der Waals surface area contributed by atoms with Crippen LogP contribution in [0.2, 0.25) is 0 Å². The Kier molecular flexibility index (Phi) is 3.47. The third-order valence-corrected chi connectivity index (χ3v) is 6.19. The van der Waals surface area contributed by atoms with E-state index < -0.39 is 10.0 Å². The standard InChI is InChI=1S/C18H18N2O2S/c21-23(22,14-15-6-2-1-3-7-15)19-10-11-20-17(13-19)12-16-8-4-5-9-18(16)20/h1-9,12H,10-11,13-14H2. The Bertz CT molecular complexity index is 946. The first-order valence-electron chi connectivity index (χ1n) is 7.72. The van der Waals surface area contributed by atoms with Gasteiger partial charge in [-0.25, -0.2) is 8.42 Å². The summed E-state index contributed by atoms with van der Waals surface area (Å²) < 4.78 is 29.2. The van der Waals surface area contributed by atoms with E-state index in [9.17, 15) is 8.42 Å². The van der Waals surface area contributed by atoms with Crippen LogP contribution in [0.4, 0.5) is 0 Å². The van der Waals surface area contributed by atoms with Gasteiger partial charge in [-0.15, -0.1) is 0 Å². The second-order valence-electron chi connectivity index (χ2n) is 5.92. The van der Waals surface area contributed by atoms with Crippen molar-refractivity contribution in [1.82, 2.24) is 8.87 Å². The van der Waals surface area contributed by atoms with Gasteiger partial charge in [0.05, 0.1) is 12.3 Å². The summed E-state index contributed by atoms with van der Waals surface area (Å²) in [5.41, 5.74) is 3.08. The zero-order valence-electron chi connectivity index (χ0n) is 12.7. The second-order valence-corrected chi connectivity index (χ2v) is 7.89. The minimum absolute atomic E-state index is 0.0636. The molecule has 1 aromatic heterocycles. The number of aromatic nitrogens is 1. The maximum atomic E-state index is 12.7. The molecule has 3 aromatic rings. The van der Waals surface area contributed by atoms with Crippen molar-refractivity contribution in [2.75, 3.05) is 6.54 Å². The largest absolute Gasteiger partial charge is 0.342 e. The normalized spacial score (nSPS) is 15.7. The Morgan fingerprint density at radius 1 is 0.913 bits per heavy atom. The Balaban J connectivity index is 1.62. The second kappa shape index (κ2) is 5.51. The van der Waals surface area contributed by atoms with E-state index in [0.717, 1.165) is 11.3 Å². The summed E-state index contributed by atoms with van der Waals surface area (Å²) in [6.07, 6.45) is 0. The Hall–Kier alpha value is -2.11. The van der Waals surface area contributed by atoms with E-state index in [1.54, 1.807) is 4.31 Å². The predicted molar refractivity (Wildman–Crippen MR) is 91.4 cm³/mol. The van der Waals surface area contributed by atoms with Crippen molar-refractivity contribution in [3.8, 4) is 0 Å². The van der Waals surface area contributed by atoms with E-state index in [-0.39, 0.29) is 5.75 Å². The van der Waals surface area contributed by atoms with Gasteiger partial charge in [-0.3, -0.25) is 0 Å². The lowest BCUT2D eigenvalue weighted by Crippen LogP contribution is -2.38. The summed E-state index contributed by atoms with van der Waals surface area (Å²) in [4.78, 5) is 0. The first-order chi connectivity index (χ1) is 11.1. The molecule has 0 atom stereocenters. The lowest BCUT2D eigenvalue weighted by Gasteiger charge is -2.28. The molecule has 4 rings (SSSR count).